The van der Waals surface area contributed by atoms with Crippen LogP contribution in [0.4, 0.5) is 5.69 Å². The Morgan fingerprint density at radius 2 is 1.61 bits per heavy atom. The zero-order valence-corrected chi connectivity index (χ0v) is 18.7. The van der Waals surface area contributed by atoms with Crippen LogP contribution in [-0.4, -0.2) is 20.1 Å². The number of hydrogen-bond acceptors (Lipinski definition) is 4. The van der Waals surface area contributed by atoms with Gasteiger partial charge in [-0.15, -0.1) is 0 Å². The van der Waals surface area contributed by atoms with E-state index in [4.69, 9.17) is 14.2 Å². The molecule has 0 aliphatic heterocycles. The van der Waals surface area contributed by atoms with Gasteiger partial charge in [-0.05, 0) is 53.4 Å². The molecule has 31 heavy (non-hydrogen) atoms. The molecule has 0 aliphatic rings. The summed E-state index contributed by atoms with van der Waals surface area (Å²) in [5.41, 5.74) is 3.31. The van der Waals surface area contributed by atoms with Crippen LogP contribution in [0.25, 0.3) is 0 Å². The minimum atomic E-state index is -0.216. The number of methoxy groups -OCH3 is 2. The van der Waals surface area contributed by atoms with Gasteiger partial charge in [-0.3, -0.25) is 4.79 Å². The first-order valence-corrected chi connectivity index (χ1v) is 10.2. The average molecular weight is 420 g/mol. The third-order valence-corrected chi connectivity index (χ3v) is 4.98. The van der Waals surface area contributed by atoms with E-state index in [1.54, 1.807) is 38.5 Å². The maximum Gasteiger partial charge on any atom is 0.255 e. The highest BCUT2D eigenvalue weighted by Crippen LogP contribution is 2.26. The molecule has 0 fully saturated rings. The van der Waals surface area contributed by atoms with Crippen molar-refractivity contribution in [3.8, 4) is 17.2 Å². The van der Waals surface area contributed by atoms with Gasteiger partial charge in [0.1, 0.15) is 23.9 Å². The van der Waals surface area contributed by atoms with E-state index in [9.17, 15) is 4.79 Å². The number of amides is 1. The summed E-state index contributed by atoms with van der Waals surface area (Å²) < 4.78 is 16.6. The monoisotopic (exact) mass is 419 g/mol. The smallest absolute Gasteiger partial charge is 0.255 e. The van der Waals surface area contributed by atoms with Gasteiger partial charge in [0.2, 0.25) is 0 Å². The van der Waals surface area contributed by atoms with Crippen LogP contribution in [0.5, 0.6) is 17.2 Å². The van der Waals surface area contributed by atoms with Gasteiger partial charge in [0.05, 0.1) is 14.2 Å². The second kappa shape index (κ2) is 9.56. The molecule has 0 unspecified atom stereocenters. The van der Waals surface area contributed by atoms with E-state index in [1.165, 1.54) is 5.56 Å². The van der Waals surface area contributed by atoms with Crippen LogP contribution in [0.1, 0.15) is 42.3 Å². The number of carbonyl (C=O) groups is 1. The van der Waals surface area contributed by atoms with Crippen LogP contribution in [0.2, 0.25) is 0 Å². The highest BCUT2D eigenvalue weighted by Gasteiger charge is 2.14. The van der Waals surface area contributed by atoms with Gasteiger partial charge in [-0.2, -0.15) is 0 Å². The summed E-state index contributed by atoms with van der Waals surface area (Å²) in [6.45, 7) is 6.82. The Balaban J connectivity index is 1.73. The van der Waals surface area contributed by atoms with Crippen molar-refractivity contribution in [1.82, 2.24) is 0 Å². The molecule has 0 aliphatic carbocycles. The van der Waals surface area contributed by atoms with Crippen molar-refractivity contribution >= 4 is 11.6 Å². The summed E-state index contributed by atoms with van der Waals surface area (Å²) in [5.74, 6) is 1.90. The summed E-state index contributed by atoms with van der Waals surface area (Å²) in [6.07, 6.45) is 0. The van der Waals surface area contributed by atoms with Crippen molar-refractivity contribution in [2.24, 2.45) is 0 Å². The fourth-order valence-corrected chi connectivity index (χ4v) is 3.15. The number of hydrogen-bond donors (Lipinski definition) is 1. The van der Waals surface area contributed by atoms with E-state index in [0.717, 1.165) is 11.3 Å². The van der Waals surface area contributed by atoms with E-state index >= 15 is 0 Å². The van der Waals surface area contributed by atoms with Crippen molar-refractivity contribution in [2.45, 2.75) is 32.8 Å². The first-order chi connectivity index (χ1) is 14.8. The number of rotatable bonds is 7. The molecule has 162 valence electrons. The maximum absolute atomic E-state index is 12.7. The van der Waals surface area contributed by atoms with Crippen LogP contribution in [0, 0.1) is 0 Å². The lowest BCUT2D eigenvalue weighted by atomic mass is 9.87. The zero-order valence-electron chi connectivity index (χ0n) is 18.7. The summed E-state index contributed by atoms with van der Waals surface area (Å²) in [5, 5.41) is 2.89. The Bertz CT molecular complexity index is 1040. The van der Waals surface area contributed by atoms with Crippen LogP contribution in [0.15, 0.2) is 66.7 Å². The highest BCUT2D eigenvalue weighted by molar-refractivity contribution is 6.04. The number of anilines is 1. The molecule has 0 saturated heterocycles. The lowest BCUT2D eigenvalue weighted by molar-refractivity contribution is 0.102. The summed E-state index contributed by atoms with van der Waals surface area (Å²) in [7, 11) is 3.19. The van der Waals surface area contributed by atoms with Crippen LogP contribution in [0.3, 0.4) is 0 Å². The molecule has 1 N–H and O–H groups in total. The van der Waals surface area contributed by atoms with E-state index < -0.39 is 0 Å². The highest BCUT2D eigenvalue weighted by atomic mass is 16.5. The second-order valence-electron chi connectivity index (χ2n) is 8.28. The third-order valence-electron chi connectivity index (χ3n) is 4.98. The third kappa shape index (κ3) is 5.79. The quantitative estimate of drug-likeness (QED) is 0.523. The average Bonchev–Trinajstić information content (AvgIpc) is 2.77. The molecule has 0 radical (unpaired) electrons. The summed E-state index contributed by atoms with van der Waals surface area (Å²) >= 11 is 0. The van der Waals surface area contributed by atoms with Crippen LogP contribution < -0.4 is 19.5 Å². The fraction of sp³-hybridized carbons (Fsp3) is 0.269. The Labute approximate surface area is 184 Å². The predicted molar refractivity (Wildman–Crippen MR) is 123 cm³/mol. The van der Waals surface area contributed by atoms with Crippen molar-refractivity contribution < 1.29 is 19.0 Å². The number of ether oxygens (including phenoxy) is 3. The number of nitrogens with one attached hydrogen (secondary N) is 1. The van der Waals surface area contributed by atoms with Gasteiger partial charge in [-0.25, -0.2) is 0 Å². The number of carbonyl (C=O) groups excluding carboxylic acids is 1. The van der Waals surface area contributed by atoms with Gasteiger partial charge < -0.3 is 19.5 Å². The molecule has 0 spiro atoms. The largest absolute Gasteiger partial charge is 0.497 e. The molecule has 5 heteroatoms. The van der Waals surface area contributed by atoms with Gasteiger partial charge >= 0.3 is 0 Å². The molecular formula is C26H29NO4. The molecule has 0 saturated carbocycles. The predicted octanol–water partition coefficient (Wildman–Crippen LogP) is 5.83. The molecule has 0 heterocycles. The van der Waals surface area contributed by atoms with Crippen LogP contribution in [-0.2, 0) is 12.0 Å². The van der Waals surface area contributed by atoms with Gasteiger partial charge in [0, 0.05) is 22.9 Å². The normalized spacial score (nSPS) is 11.0. The zero-order chi connectivity index (χ0) is 22.4. The van der Waals surface area contributed by atoms with Crippen molar-refractivity contribution in [2.75, 3.05) is 19.5 Å². The molecule has 0 aromatic heterocycles. The standard InChI is InChI=1S/C26H29NO4/c1-26(2,3)20-10-12-22(13-11-20)31-17-19-15-18(9-14-24(19)30-5)25(28)27-21-7-6-8-23(16-21)29-4/h6-16H,17H2,1-5H3,(H,27,28). The van der Waals surface area contributed by atoms with Gasteiger partial charge in [0.15, 0.2) is 0 Å². The molecule has 3 rings (SSSR count). The van der Waals surface area contributed by atoms with Gasteiger partial charge in [0.25, 0.3) is 5.91 Å². The van der Waals surface area contributed by atoms with Gasteiger partial charge in [-0.1, -0.05) is 39.0 Å². The summed E-state index contributed by atoms with van der Waals surface area (Å²) in [4.78, 5) is 12.7. The molecule has 1 amide bonds. The van der Waals surface area contributed by atoms with Crippen molar-refractivity contribution in [3.05, 3.63) is 83.4 Å². The minimum absolute atomic E-state index is 0.0895. The molecule has 3 aromatic rings. The van der Waals surface area contributed by atoms with E-state index in [0.29, 0.717) is 22.7 Å². The molecule has 0 atom stereocenters. The minimum Gasteiger partial charge on any atom is -0.497 e. The second-order valence-corrected chi connectivity index (χ2v) is 8.28. The van der Waals surface area contributed by atoms with E-state index in [-0.39, 0.29) is 17.9 Å². The topological polar surface area (TPSA) is 56.8 Å². The van der Waals surface area contributed by atoms with Crippen molar-refractivity contribution in [3.63, 3.8) is 0 Å². The maximum atomic E-state index is 12.7. The Morgan fingerprint density at radius 3 is 2.26 bits per heavy atom. The fourth-order valence-electron chi connectivity index (χ4n) is 3.15. The molecule has 0 bridgehead atoms. The van der Waals surface area contributed by atoms with Crippen LogP contribution >= 0.6 is 0 Å². The molecule has 3 aromatic carbocycles. The lowest BCUT2D eigenvalue weighted by Gasteiger charge is -2.19. The SMILES string of the molecule is COc1cccc(NC(=O)c2ccc(OC)c(COc3ccc(C(C)(C)C)cc3)c2)c1. The first-order valence-electron chi connectivity index (χ1n) is 10.2. The summed E-state index contributed by atoms with van der Waals surface area (Å²) in [6, 6.07) is 20.6. The first kappa shape index (κ1) is 22.2. The Morgan fingerprint density at radius 1 is 0.871 bits per heavy atom. The molecule has 5 nitrogen and oxygen atoms in total. The molecular weight excluding hydrogens is 390 g/mol. The Hall–Kier alpha value is -3.47. The van der Waals surface area contributed by atoms with E-state index in [1.807, 2.05) is 30.3 Å². The Kier molecular flexibility index (Phi) is 6.85. The lowest BCUT2D eigenvalue weighted by Crippen LogP contribution is -2.13. The van der Waals surface area contributed by atoms with E-state index in [2.05, 4.69) is 38.2 Å². The van der Waals surface area contributed by atoms with Crippen molar-refractivity contribution in [1.29, 1.82) is 0 Å². The number of benzene rings is 3.